The van der Waals surface area contributed by atoms with E-state index in [-0.39, 0.29) is 11.9 Å². The molecule has 1 aromatic carbocycles. The third-order valence-electron chi connectivity index (χ3n) is 3.64. The summed E-state index contributed by atoms with van der Waals surface area (Å²) in [5.74, 6) is 1.10. The lowest BCUT2D eigenvalue weighted by Crippen LogP contribution is -2.42. The molecule has 25 heavy (non-hydrogen) atoms. The van der Waals surface area contributed by atoms with Crippen molar-refractivity contribution in [1.29, 1.82) is 0 Å². The average molecular weight is 364 g/mol. The Morgan fingerprint density at radius 2 is 2.00 bits per heavy atom. The molecule has 2 N–H and O–H groups in total. The van der Waals surface area contributed by atoms with E-state index in [2.05, 4.69) is 27.5 Å². The zero-order valence-corrected chi connectivity index (χ0v) is 15.9. The molecule has 0 saturated heterocycles. The highest BCUT2D eigenvalue weighted by Crippen LogP contribution is 2.16. The van der Waals surface area contributed by atoms with Crippen LogP contribution >= 0.6 is 11.3 Å². The molecule has 5 nitrogen and oxygen atoms in total. The number of rotatable bonds is 7. The lowest BCUT2D eigenvalue weighted by Gasteiger charge is -2.17. The van der Waals surface area contributed by atoms with Crippen molar-refractivity contribution < 1.29 is 9.13 Å². The van der Waals surface area contributed by atoms with Crippen molar-refractivity contribution in [3.63, 3.8) is 0 Å². The van der Waals surface area contributed by atoms with Gasteiger partial charge in [-0.1, -0.05) is 0 Å². The number of aromatic nitrogens is 1. The monoisotopic (exact) mass is 364 g/mol. The van der Waals surface area contributed by atoms with Crippen molar-refractivity contribution in [1.82, 2.24) is 15.6 Å². The minimum absolute atomic E-state index is 0.0757. The van der Waals surface area contributed by atoms with Gasteiger partial charge in [-0.15, -0.1) is 11.3 Å². The van der Waals surface area contributed by atoms with E-state index in [0.29, 0.717) is 12.3 Å². The second-order valence-electron chi connectivity index (χ2n) is 5.76. The molecule has 1 unspecified atom stereocenters. The maximum Gasteiger partial charge on any atom is 0.191 e. The number of benzene rings is 1. The first-order valence-electron chi connectivity index (χ1n) is 8.27. The first-order valence-corrected chi connectivity index (χ1v) is 9.09. The molecule has 2 aromatic rings. The average Bonchev–Trinajstić information content (AvgIpc) is 2.91. The topological polar surface area (TPSA) is 58.5 Å². The lowest BCUT2D eigenvalue weighted by atomic mass is 10.3. The molecular formula is C18H25FN4OS. The summed E-state index contributed by atoms with van der Waals surface area (Å²) in [6.07, 6.45) is 0.787. The van der Waals surface area contributed by atoms with E-state index in [9.17, 15) is 4.39 Å². The van der Waals surface area contributed by atoms with Gasteiger partial charge in [-0.25, -0.2) is 9.37 Å². The Bertz CT molecular complexity index is 680. The van der Waals surface area contributed by atoms with Gasteiger partial charge in [-0.2, -0.15) is 0 Å². The fraction of sp³-hybridized carbons (Fsp3) is 0.444. The van der Waals surface area contributed by atoms with Gasteiger partial charge in [0.25, 0.3) is 0 Å². The van der Waals surface area contributed by atoms with Crippen molar-refractivity contribution in [2.24, 2.45) is 4.99 Å². The van der Waals surface area contributed by atoms with Crippen molar-refractivity contribution in [3.8, 4) is 5.75 Å². The van der Waals surface area contributed by atoms with E-state index in [4.69, 9.17) is 4.74 Å². The summed E-state index contributed by atoms with van der Waals surface area (Å²) in [6.45, 7) is 7.43. The molecule has 136 valence electrons. The Morgan fingerprint density at radius 3 is 2.60 bits per heavy atom. The third-order valence-corrected chi connectivity index (χ3v) is 4.77. The molecular weight excluding hydrogens is 339 g/mol. The lowest BCUT2D eigenvalue weighted by molar-refractivity contribution is 0.223. The fourth-order valence-electron chi connectivity index (χ4n) is 2.18. The fourth-order valence-corrected chi connectivity index (χ4v) is 3.12. The number of hydrogen-bond acceptors (Lipinski definition) is 4. The number of nitrogens with zero attached hydrogens (tertiary/aromatic N) is 2. The largest absolute Gasteiger partial charge is 0.489 e. The van der Waals surface area contributed by atoms with Crippen LogP contribution in [-0.4, -0.2) is 37.2 Å². The molecule has 0 fully saturated rings. The number of ether oxygens (including phenoxy) is 1. The summed E-state index contributed by atoms with van der Waals surface area (Å²) < 4.78 is 18.6. The number of aryl methyl sites for hydroxylation is 2. The van der Waals surface area contributed by atoms with Crippen LogP contribution in [0.2, 0.25) is 0 Å². The first-order chi connectivity index (χ1) is 12.0. The van der Waals surface area contributed by atoms with Gasteiger partial charge >= 0.3 is 0 Å². The molecule has 0 spiro atoms. The third kappa shape index (κ3) is 6.34. The Balaban J connectivity index is 1.71. The molecule has 1 heterocycles. The molecule has 0 aliphatic rings. The van der Waals surface area contributed by atoms with Gasteiger partial charge < -0.3 is 15.4 Å². The van der Waals surface area contributed by atoms with Crippen molar-refractivity contribution in [3.05, 3.63) is 45.7 Å². The van der Waals surface area contributed by atoms with Gasteiger partial charge in [-0.3, -0.25) is 4.99 Å². The van der Waals surface area contributed by atoms with E-state index in [1.54, 1.807) is 30.5 Å². The van der Waals surface area contributed by atoms with Crippen LogP contribution in [0.5, 0.6) is 5.75 Å². The number of hydrogen-bond donors (Lipinski definition) is 2. The first kappa shape index (κ1) is 19.2. The summed E-state index contributed by atoms with van der Waals surface area (Å²) in [5.41, 5.74) is 1.11. The van der Waals surface area contributed by atoms with Crippen LogP contribution in [0.15, 0.2) is 29.3 Å². The Labute approximate surface area is 152 Å². The second kappa shape index (κ2) is 9.36. The normalized spacial score (nSPS) is 12.8. The van der Waals surface area contributed by atoms with Crippen LogP contribution in [0.1, 0.15) is 22.5 Å². The number of halogens is 1. The van der Waals surface area contributed by atoms with Crippen LogP contribution in [-0.2, 0) is 6.42 Å². The molecule has 0 saturated carbocycles. The molecule has 2 rings (SSSR count). The Morgan fingerprint density at radius 1 is 1.28 bits per heavy atom. The van der Waals surface area contributed by atoms with Crippen LogP contribution in [0.4, 0.5) is 4.39 Å². The zero-order chi connectivity index (χ0) is 18.2. The molecule has 0 aliphatic carbocycles. The van der Waals surface area contributed by atoms with Crippen LogP contribution in [0.25, 0.3) is 0 Å². The molecule has 0 bridgehead atoms. The van der Waals surface area contributed by atoms with Gasteiger partial charge in [0.2, 0.25) is 0 Å². The summed E-state index contributed by atoms with van der Waals surface area (Å²) in [4.78, 5) is 10.0. The number of guanidine groups is 1. The predicted octanol–water partition coefficient (Wildman–Crippen LogP) is 3.07. The van der Waals surface area contributed by atoms with E-state index in [1.165, 1.54) is 17.0 Å². The quantitative estimate of drug-likeness (QED) is 0.586. The Kier molecular flexibility index (Phi) is 7.18. The standard InChI is InChI=1S/C18H25FN4OS/c1-12(24-16-7-5-15(19)6-8-16)11-22-18(20-4)21-10-9-17-23-13(2)14(3)25-17/h5-8,12H,9-11H2,1-4H3,(H2,20,21,22). The highest BCUT2D eigenvalue weighted by molar-refractivity contribution is 7.11. The second-order valence-corrected chi connectivity index (χ2v) is 7.05. The van der Waals surface area contributed by atoms with E-state index >= 15 is 0 Å². The summed E-state index contributed by atoms with van der Waals surface area (Å²) in [7, 11) is 1.73. The highest BCUT2D eigenvalue weighted by Gasteiger charge is 2.07. The molecule has 1 atom stereocenters. The SMILES string of the molecule is CN=C(NCCc1nc(C)c(C)s1)NCC(C)Oc1ccc(F)cc1. The van der Waals surface area contributed by atoms with E-state index in [0.717, 1.165) is 29.6 Å². The van der Waals surface area contributed by atoms with E-state index < -0.39 is 0 Å². The summed E-state index contributed by atoms with van der Waals surface area (Å²) >= 11 is 1.74. The highest BCUT2D eigenvalue weighted by atomic mass is 32.1. The minimum Gasteiger partial charge on any atom is -0.489 e. The van der Waals surface area contributed by atoms with Crippen LogP contribution in [0.3, 0.4) is 0 Å². The van der Waals surface area contributed by atoms with Gasteiger partial charge in [0.05, 0.1) is 17.2 Å². The molecule has 0 radical (unpaired) electrons. The number of aliphatic imine (C=N–C) groups is 1. The molecule has 0 amide bonds. The maximum absolute atomic E-state index is 12.9. The van der Waals surface area contributed by atoms with E-state index in [1.807, 2.05) is 13.8 Å². The molecule has 7 heteroatoms. The zero-order valence-electron chi connectivity index (χ0n) is 15.1. The van der Waals surface area contributed by atoms with Crippen molar-refractivity contribution >= 4 is 17.3 Å². The van der Waals surface area contributed by atoms with Crippen LogP contribution in [0, 0.1) is 19.7 Å². The summed E-state index contributed by atoms with van der Waals surface area (Å²) in [5, 5.41) is 7.63. The predicted molar refractivity (Wildman–Crippen MR) is 101 cm³/mol. The van der Waals surface area contributed by atoms with Crippen LogP contribution < -0.4 is 15.4 Å². The molecule has 1 aromatic heterocycles. The number of nitrogens with one attached hydrogen (secondary N) is 2. The van der Waals surface area contributed by atoms with Gasteiger partial charge in [-0.05, 0) is 45.0 Å². The van der Waals surface area contributed by atoms with Gasteiger partial charge in [0.15, 0.2) is 5.96 Å². The maximum atomic E-state index is 12.9. The minimum atomic E-state index is -0.270. The summed E-state index contributed by atoms with van der Waals surface area (Å²) in [6, 6.07) is 6.02. The van der Waals surface area contributed by atoms with Gasteiger partial charge in [0, 0.05) is 24.9 Å². The van der Waals surface area contributed by atoms with Gasteiger partial charge in [0.1, 0.15) is 17.7 Å². The smallest absolute Gasteiger partial charge is 0.191 e. The van der Waals surface area contributed by atoms with Crippen molar-refractivity contribution in [2.45, 2.75) is 33.3 Å². The molecule has 0 aliphatic heterocycles. The van der Waals surface area contributed by atoms with Crippen molar-refractivity contribution in [2.75, 3.05) is 20.1 Å². The number of thiazole rings is 1. The Hall–Kier alpha value is -2.15.